The molecule has 10 aromatic rings. The minimum Gasteiger partial charge on any atom is -0.261 e. The van der Waals surface area contributed by atoms with Crippen LogP contribution < -0.4 is 0 Å². The number of rotatable bonds is 20. The lowest BCUT2D eigenvalue weighted by Gasteiger charge is -2.08. The third kappa shape index (κ3) is 43.4. The van der Waals surface area contributed by atoms with Crippen LogP contribution in [0.15, 0.2) is 135 Å². The Hall–Kier alpha value is -9.06. The molecule has 0 bridgehead atoms. The van der Waals surface area contributed by atoms with Crippen molar-refractivity contribution in [3.05, 3.63) is 249 Å². The second kappa shape index (κ2) is 57.3. The van der Waals surface area contributed by atoms with Crippen molar-refractivity contribution in [1.82, 2.24) is 90.4 Å². The molecule has 18 nitrogen and oxygen atoms in total. The third-order valence-corrected chi connectivity index (χ3v) is 19.2. The zero-order valence-corrected chi connectivity index (χ0v) is 82.3. The molecule has 9 heterocycles. The fourth-order valence-electron chi connectivity index (χ4n) is 9.86. The Morgan fingerprint density at radius 3 is 0.433 bits per heavy atom. The Balaban J connectivity index is 0.000000667. The average Bonchev–Trinajstić information content (AvgIpc) is 0.957. The monoisotopic (exact) mass is 1640 g/mol. The Morgan fingerprint density at radius 1 is 0.117 bits per heavy atom. The quantitative estimate of drug-likeness (QED) is 0.0690. The van der Waals surface area contributed by atoms with Crippen LogP contribution in [0.1, 0.15) is 509 Å². The van der Waals surface area contributed by atoms with E-state index in [0.29, 0.717) is 118 Å². The predicted molar refractivity (Wildman–Crippen MR) is 507 cm³/mol. The normalized spacial score (nSPS) is 11.2. The van der Waals surface area contributed by atoms with Gasteiger partial charge in [0.25, 0.3) is 0 Å². The van der Waals surface area contributed by atoms with Crippen LogP contribution in [0.5, 0.6) is 0 Å². The smallest absolute Gasteiger partial charge is 0.153 e. The van der Waals surface area contributed by atoms with Crippen molar-refractivity contribution in [2.24, 2.45) is 0 Å². The van der Waals surface area contributed by atoms with Gasteiger partial charge in [0.1, 0.15) is 17.5 Å². The van der Waals surface area contributed by atoms with Gasteiger partial charge in [0.05, 0.1) is 46.6 Å². The summed E-state index contributed by atoms with van der Waals surface area (Å²) in [6.45, 7) is 85.4. The topological polar surface area (TPSA) is 232 Å². The van der Waals surface area contributed by atoms with Gasteiger partial charge in [0.2, 0.25) is 0 Å². The molecular formula is C102H162N18. The molecule has 9 aromatic heterocycles. The van der Waals surface area contributed by atoms with Crippen molar-refractivity contribution in [2.75, 3.05) is 0 Å². The molecule has 0 saturated heterocycles. The summed E-state index contributed by atoms with van der Waals surface area (Å²) in [5.74, 6) is 14.2. The third-order valence-electron chi connectivity index (χ3n) is 19.2. The van der Waals surface area contributed by atoms with Crippen LogP contribution >= 0.6 is 0 Å². The van der Waals surface area contributed by atoms with E-state index < -0.39 is 0 Å². The fourth-order valence-corrected chi connectivity index (χ4v) is 9.86. The van der Waals surface area contributed by atoms with E-state index in [4.69, 9.17) is 0 Å². The number of pyridine rings is 2. The van der Waals surface area contributed by atoms with Crippen molar-refractivity contribution < 1.29 is 0 Å². The van der Waals surface area contributed by atoms with Crippen molar-refractivity contribution in [1.29, 1.82) is 0 Å². The zero-order chi connectivity index (χ0) is 91.4. The summed E-state index contributed by atoms with van der Waals surface area (Å²) in [5, 5.41) is 24.5. The number of hydrogen-bond acceptors (Lipinski definition) is 18. The van der Waals surface area contributed by atoms with Gasteiger partial charge in [-0.15, -0.1) is 10.2 Å². The molecule has 1 aromatic carbocycles. The highest BCUT2D eigenvalue weighted by atomic mass is 15.2. The van der Waals surface area contributed by atoms with Crippen LogP contribution in [-0.2, 0) is 0 Å². The molecule has 18 heteroatoms. The van der Waals surface area contributed by atoms with Crippen LogP contribution in [0.2, 0.25) is 0 Å². The molecule has 0 radical (unpaired) electrons. The van der Waals surface area contributed by atoms with E-state index in [1.807, 2.05) is 74.4 Å². The van der Waals surface area contributed by atoms with Gasteiger partial charge in [-0.25, -0.2) is 39.9 Å². The number of aromatic nitrogens is 18. The second-order valence-electron chi connectivity index (χ2n) is 37.1. The minimum atomic E-state index is 0.360. The Labute approximate surface area is 730 Å². The summed E-state index contributed by atoms with van der Waals surface area (Å²) in [6.07, 6.45) is 22.9. The van der Waals surface area contributed by atoms with Gasteiger partial charge in [-0.05, 0) is 152 Å². The van der Waals surface area contributed by atoms with Crippen molar-refractivity contribution >= 4 is 0 Å². The standard InChI is InChI=1S/C12H18.2C11H17N.5C10H16N2.2C9H15N3/c1-9(2)11-5-7-12(8-6-11)10(3)4;2*1-8(2)10-5-6-11(9(3)4)12-7-10;1-7(2)9-5-12-10(6-11-9)8(3)4;3*1-7(2)9-5-11-10(8(3)4)12-6-9;1-7(2)9-5-6-10(8(3)4)12-11-9;2*1-6(2)8-5-10-9(7(3)4)12-11-8/h5-10H,1-4H3;2*5-9H,1-4H3;5*5-8H,1-4H3;2*5-7H,1-4H3. The lowest BCUT2D eigenvalue weighted by atomic mass is 9.97. The molecular weight excluding hydrogens is 1480 g/mol. The Bertz CT molecular complexity index is 3010. The van der Waals surface area contributed by atoms with E-state index >= 15 is 0 Å². The van der Waals surface area contributed by atoms with Gasteiger partial charge < -0.3 is 0 Å². The first-order valence-corrected chi connectivity index (χ1v) is 44.6. The molecule has 0 unspecified atom stereocenters. The lowest BCUT2D eigenvalue weighted by Crippen LogP contribution is -2.03. The predicted octanol–water partition coefficient (Wildman–Crippen LogP) is 28.4. The molecule has 120 heavy (non-hydrogen) atoms. The molecule has 0 atom stereocenters. The summed E-state index contributed by atoms with van der Waals surface area (Å²) >= 11 is 0. The number of hydrogen-bond donors (Lipinski definition) is 0. The molecule has 0 saturated carbocycles. The summed E-state index contributed by atoms with van der Waals surface area (Å²) in [5.41, 5.74) is 17.7. The van der Waals surface area contributed by atoms with Gasteiger partial charge in [0.15, 0.2) is 11.6 Å². The Morgan fingerprint density at radius 2 is 0.283 bits per heavy atom. The highest BCUT2D eigenvalue weighted by Gasteiger charge is 2.13. The van der Waals surface area contributed by atoms with Crippen molar-refractivity contribution in [2.45, 2.75) is 395 Å². The second-order valence-corrected chi connectivity index (χ2v) is 37.1. The molecule has 0 amide bonds. The summed E-state index contributed by atoms with van der Waals surface area (Å²) in [7, 11) is 0. The Kier molecular flexibility index (Phi) is 52.0. The van der Waals surface area contributed by atoms with Gasteiger partial charge >= 0.3 is 0 Å². The average molecular weight is 1640 g/mol. The number of nitrogens with zero attached hydrogens (tertiary/aromatic N) is 18. The molecule has 0 aliphatic rings. The van der Waals surface area contributed by atoms with Gasteiger partial charge in [-0.3, -0.25) is 19.9 Å². The van der Waals surface area contributed by atoms with Gasteiger partial charge in [-0.2, -0.15) is 20.4 Å². The maximum atomic E-state index is 4.40. The van der Waals surface area contributed by atoms with E-state index in [0.717, 1.165) is 63.3 Å². The summed E-state index contributed by atoms with van der Waals surface area (Å²) in [4.78, 5) is 51.7. The summed E-state index contributed by atoms with van der Waals surface area (Å²) in [6, 6.07) is 21.7. The highest BCUT2D eigenvalue weighted by Crippen LogP contribution is 2.24. The minimum absolute atomic E-state index is 0.360. The molecule has 10 rings (SSSR count). The van der Waals surface area contributed by atoms with Crippen LogP contribution in [0, 0.1) is 0 Å². The largest absolute Gasteiger partial charge is 0.261 e. The van der Waals surface area contributed by atoms with Crippen LogP contribution in [0.4, 0.5) is 0 Å². The van der Waals surface area contributed by atoms with E-state index in [1.54, 1.807) is 0 Å². The van der Waals surface area contributed by atoms with E-state index in [1.165, 1.54) is 50.3 Å². The maximum absolute atomic E-state index is 4.40. The first-order valence-electron chi connectivity index (χ1n) is 44.6. The first-order chi connectivity index (χ1) is 56.1. The highest BCUT2D eigenvalue weighted by molar-refractivity contribution is 5.27. The van der Waals surface area contributed by atoms with E-state index in [9.17, 15) is 0 Å². The zero-order valence-electron chi connectivity index (χ0n) is 82.3. The van der Waals surface area contributed by atoms with Crippen molar-refractivity contribution in [3.8, 4) is 0 Å². The molecule has 0 spiro atoms. The lowest BCUT2D eigenvalue weighted by molar-refractivity contribution is 0.692. The maximum Gasteiger partial charge on any atom is 0.153 e. The van der Waals surface area contributed by atoms with Crippen molar-refractivity contribution in [3.63, 3.8) is 0 Å². The number of benzene rings is 1. The SMILES string of the molecule is CC(C)c1ccc(C(C)C)cc1.CC(C)c1ccc(C(C)C)nc1.CC(C)c1ccc(C(C)C)nc1.CC(C)c1ccc(C(C)C)nn1.CC(C)c1cnc(C(C)C)cn1.CC(C)c1cnc(C(C)C)nc1.CC(C)c1cnc(C(C)C)nc1.CC(C)c1cnc(C(C)C)nc1.CC(C)c1cnc(C(C)C)nn1.CC(C)c1cnc(C(C)C)nn1. The molecule has 0 N–H and O–H groups in total. The fraction of sp³-hybridized carbons (Fsp3) is 0.588. The van der Waals surface area contributed by atoms with E-state index in [-0.39, 0.29) is 0 Å². The van der Waals surface area contributed by atoms with Gasteiger partial charge in [0, 0.05) is 103 Å². The first kappa shape index (κ1) is 109. The van der Waals surface area contributed by atoms with Crippen LogP contribution in [0.3, 0.4) is 0 Å². The molecule has 0 aliphatic carbocycles. The summed E-state index contributed by atoms with van der Waals surface area (Å²) < 4.78 is 0. The van der Waals surface area contributed by atoms with Crippen LogP contribution in [0.25, 0.3) is 0 Å². The van der Waals surface area contributed by atoms with Crippen LogP contribution in [-0.4, -0.2) is 90.4 Å². The van der Waals surface area contributed by atoms with Gasteiger partial charge in [-0.1, -0.05) is 313 Å². The molecule has 0 fully saturated rings. The molecule has 660 valence electrons. The molecule has 0 aliphatic heterocycles. The van der Waals surface area contributed by atoms with E-state index in [2.05, 4.69) is 428 Å².